The van der Waals surface area contributed by atoms with Gasteiger partial charge in [0.2, 0.25) is 0 Å². The fourth-order valence-corrected chi connectivity index (χ4v) is 2.83. The zero-order valence-corrected chi connectivity index (χ0v) is 12.9. The van der Waals surface area contributed by atoms with Crippen molar-refractivity contribution in [3.63, 3.8) is 0 Å². The molecule has 1 fully saturated rings. The van der Waals surface area contributed by atoms with Crippen LogP contribution in [-0.2, 0) is 4.74 Å². The van der Waals surface area contributed by atoms with Gasteiger partial charge in [0.25, 0.3) is 0 Å². The van der Waals surface area contributed by atoms with Crippen molar-refractivity contribution in [2.45, 2.75) is 25.7 Å². The van der Waals surface area contributed by atoms with Gasteiger partial charge < -0.3 is 9.64 Å². The van der Waals surface area contributed by atoms with Crippen molar-refractivity contribution >= 4 is 5.69 Å². The maximum absolute atomic E-state index is 9.11. The van der Waals surface area contributed by atoms with Crippen molar-refractivity contribution in [3.8, 4) is 12.1 Å². The highest BCUT2D eigenvalue weighted by Gasteiger charge is 2.33. The number of benzene rings is 2. The van der Waals surface area contributed by atoms with Crippen molar-refractivity contribution in [3.05, 3.63) is 65.2 Å². The van der Waals surface area contributed by atoms with Crippen LogP contribution in [0, 0.1) is 22.7 Å². The molecule has 4 nitrogen and oxygen atoms in total. The summed E-state index contributed by atoms with van der Waals surface area (Å²) in [6.45, 7) is 2.90. The molecule has 0 aliphatic carbocycles. The minimum atomic E-state index is -0.207. The third-order valence-corrected chi connectivity index (χ3v) is 4.09. The van der Waals surface area contributed by atoms with Crippen molar-refractivity contribution in [1.82, 2.24) is 0 Å². The Kier molecular flexibility index (Phi) is 4.28. The van der Waals surface area contributed by atoms with Crippen LogP contribution in [0.1, 0.15) is 36.3 Å². The summed E-state index contributed by atoms with van der Waals surface area (Å²) in [4.78, 5) is 2.19. The first kappa shape index (κ1) is 15.1. The van der Waals surface area contributed by atoms with E-state index in [-0.39, 0.29) is 12.3 Å². The van der Waals surface area contributed by atoms with Crippen LogP contribution >= 0.6 is 0 Å². The highest BCUT2D eigenvalue weighted by molar-refractivity contribution is 5.52. The van der Waals surface area contributed by atoms with Gasteiger partial charge in [-0.2, -0.15) is 10.5 Å². The predicted octanol–water partition coefficient (Wildman–Crippen LogP) is 3.74. The summed E-state index contributed by atoms with van der Waals surface area (Å²) in [6, 6.07) is 19.4. The van der Waals surface area contributed by atoms with Gasteiger partial charge in [-0.1, -0.05) is 19.1 Å². The summed E-state index contributed by atoms with van der Waals surface area (Å²) in [5, 5.41) is 18.1. The zero-order chi connectivity index (χ0) is 16.2. The molecule has 1 aliphatic heterocycles. The minimum absolute atomic E-state index is 0.154. The van der Waals surface area contributed by atoms with E-state index in [1.54, 1.807) is 6.07 Å². The number of hydrogen-bond acceptors (Lipinski definition) is 4. The third kappa shape index (κ3) is 3.04. The Hall–Kier alpha value is -2.82. The maximum atomic E-state index is 9.11. The second kappa shape index (κ2) is 6.52. The van der Waals surface area contributed by atoms with Gasteiger partial charge in [0, 0.05) is 17.8 Å². The van der Waals surface area contributed by atoms with Gasteiger partial charge in [-0.15, -0.1) is 0 Å². The molecule has 0 amide bonds. The molecule has 1 saturated heterocycles. The Morgan fingerprint density at radius 3 is 2.48 bits per heavy atom. The van der Waals surface area contributed by atoms with Crippen molar-refractivity contribution in [2.24, 2.45) is 0 Å². The molecule has 2 aromatic carbocycles. The molecule has 1 aliphatic rings. The summed E-state index contributed by atoms with van der Waals surface area (Å²) >= 11 is 0. The Bertz CT molecular complexity index is 770. The van der Waals surface area contributed by atoms with Crippen LogP contribution in [0.3, 0.4) is 0 Å². The lowest BCUT2D eigenvalue weighted by atomic mass is 10.1. The van der Waals surface area contributed by atoms with Gasteiger partial charge in [-0.05, 0) is 42.8 Å². The largest absolute Gasteiger partial charge is 0.349 e. The molecule has 114 valence electrons. The molecule has 0 saturated carbocycles. The minimum Gasteiger partial charge on any atom is -0.349 e. The van der Waals surface area contributed by atoms with Crippen LogP contribution < -0.4 is 4.90 Å². The van der Waals surface area contributed by atoms with E-state index in [1.165, 1.54) is 0 Å². The molecule has 1 heterocycles. The van der Waals surface area contributed by atoms with Gasteiger partial charge in [0.05, 0.1) is 29.4 Å². The summed E-state index contributed by atoms with van der Waals surface area (Å²) in [5.74, 6) is 0. The van der Waals surface area contributed by atoms with E-state index in [0.717, 1.165) is 24.2 Å². The van der Waals surface area contributed by atoms with Crippen LogP contribution in [0.2, 0.25) is 0 Å². The molecule has 0 bridgehead atoms. The smallest absolute Gasteiger partial charge is 0.157 e. The zero-order valence-electron chi connectivity index (χ0n) is 12.9. The second-order valence-corrected chi connectivity index (χ2v) is 5.57. The summed E-state index contributed by atoms with van der Waals surface area (Å²) in [5.41, 5.74) is 3.27. The van der Waals surface area contributed by atoms with Crippen molar-refractivity contribution in [1.29, 1.82) is 10.5 Å². The maximum Gasteiger partial charge on any atom is 0.157 e. The van der Waals surface area contributed by atoms with Gasteiger partial charge in [-0.25, -0.2) is 0 Å². The fraction of sp³-hybridized carbons (Fsp3) is 0.263. The summed E-state index contributed by atoms with van der Waals surface area (Å²) < 4.78 is 6.17. The number of nitriles is 2. The first-order valence-electron chi connectivity index (χ1n) is 7.67. The van der Waals surface area contributed by atoms with E-state index >= 15 is 0 Å². The molecular formula is C19H17N3O. The number of rotatable bonds is 3. The molecule has 2 atom stereocenters. The Morgan fingerprint density at radius 2 is 1.83 bits per heavy atom. The Balaban J connectivity index is 1.95. The van der Waals surface area contributed by atoms with Crippen LogP contribution in [0.5, 0.6) is 0 Å². The number of nitrogens with zero attached hydrogens (tertiary/aromatic N) is 3. The Labute approximate surface area is 136 Å². The quantitative estimate of drug-likeness (QED) is 0.866. The highest BCUT2D eigenvalue weighted by Crippen LogP contribution is 2.35. The molecular weight excluding hydrogens is 286 g/mol. The van der Waals surface area contributed by atoms with E-state index in [9.17, 15) is 0 Å². The lowest BCUT2D eigenvalue weighted by molar-refractivity contribution is 0.0462. The van der Waals surface area contributed by atoms with E-state index in [2.05, 4.69) is 24.0 Å². The molecule has 23 heavy (non-hydrogen) atoms. The van der Waals surface area contributed by atoms with Gasteiger partial charge >= 0.3 is 0 Å². The molecule has 0 spiro atoms. The average Bonchev–Trinajstić information content (AvgIpc) is 3.06. The van der Waals surface area contributed by atoms with Crippen molar-refractivity contribution < 1.29 is 4.74 Å². The van der Waals surface area contributed by atoms with E-state index in [4.69, 9.17) is 15.3 Å². The van der Waals surface area contributed by atoms with Crippen LogP contribution in [0.4, 0.5) is 5.69 Å². The molecule has 0 N–H and O–H groups in total. The first-order valence-corrected chi connectivity index (χ1v) is 7.67. The van der Waals surface area contributed by atoms with Gasteiger partial charge in [-0.3, -0.25) is 0 Å². The lowest BCUT2D eigenvalue weighted by Crippen LogP contribution is -2.24. The standard InChI is InChI=1S/C19H17N3O/c1-2-18-13-22(17-8-6-14(11-20)7-9-17)19(23-18)16-5-3-4-15(10-16)12-21/h3-10,18-19H,2,13H2,1H3. The Morgan fingerprint density at radius 1 is 1.09 bits per heavy atom. The van der Waals surface area contributed by atoms with Gasteiger partial charge in [0.15, 0.2) is 6.23 Å². The van der Waals surface area contributed by atoms with Gasteiger partial charge in [0.1, 0.15) is 0 Å². The molecule has 0 radical (unpaired) electrons. The monoisotopic (exact) mass is 303 g/mol. The molecule has 2 aromatic rings. The second-order valence-electron chi connectivity index (χ2n) is 5.57. The summed E-state index contributed by atoms with van der Waals surface area (Å²) in [7, 11) is 0. The SMILES string of the molecule is CCC1CN(c2ccc(C#N)cc2)C(c2cccc(C#N)c2)O1. The molecule has 4 heteroatoms. The number of hydrogen-bond donors (Lipinski definition) is 0. The molecule has 3 rings (SSSR count). The third-order valence-electron chi connectivity index (χ3n) is 4.09. The van der Waals surface area contributed by atoms with E-state index in [0.29, 0.717) is 11.1 Å². The number of anilines is 1. The fourth-order valence-electron chi connectivity index (χ4n) is 2.83. The topological polar surface area (TPSA) is 60.0 Å². The van der Waals surface area contributed by atoms with Crippen molar-refractivity contribution in [2.75, 3.05) is 11.4 Å². The summed E-state index contributed by atoms with van der Waals surface area (Å²) in [6.07, 6.45) is 0.879. The molecule has 0 aromatic heterocycles. The predicted molar refractivity (Wildman–Crippen MR) is 87.6 cm³/mol. The van der Waals surface area contributed by atoms with Crippen LogP contribution in [0.25, 0.3) is 0 Å². The van der Waals surface area contributed by atoms with E-state index in [1.807, 2.05) is 42.5 Å². The average molecular weight is 303 g/mol. The molecule has 2 unspecified atom stereocenters. The lowest BCUT2D eigenvalue weighted by Gasteiger charge is -2.25. The van der Waals surface area contributed by atoms with Crippen LogP contribution in [0.15, 0.2) is 48.5 Å². The highest BCUT2D eigenvalue weighted by atomic mass is 16.5. The van der Waals surface area contributed by atoms with Crippen LogP contribution in [-0.4, -0.2) is 12.6 Å². The normalized spacial score (nSPS) is 20.0. The first-order chi connectivity index (χ1) is 11.2. The number of ether oxygens (including phenoxy) is 1. The van der Waals surface area contributed by atoms with E-state index < -0.39 is 0 Å².